The summed E-state index contributed by atoms with van der Waals surface area (Å²) in [5.74, 6) is -1.60. The summed E-state index contributed by atoms with van der Waals surface area (Å²) in [5, 5.41) is 0. The average Bonchev–Trinajstić information content (AvgIpc) is 2.42. The normalized spacial score (nSPS) is 16.9. The van der Waals surface area contributed by atoms with Crippen LogP contribution in [0.5, 0.6) is 0 Å². The fraction of sp³-hybridized carbons (Fsp3) is 0.412. The lowest BCUT2D eigenvalue weighted by molar-refractivity contribution is -0.156. The topological polar surface area (TPSA) is 0 Å². The Morgan fingerprint density at radius 3 is 1.87 bits per heavy atom. The Bertz CT molecular complexity index is 538. The Balaban J connectivity index is 5.29. The molecule has 0 radical (unpaired) electrons. The van der Waals surface area contributed by atoms with Crippen LogP contribution in [-0.4, -0.2) is 12.4 Å². The van der Waals surface area contributed by atoms with Gasteiger partial charge in [0.15, 0.2) is 0 Å². The van der Waals surface area contributed by atoms with Gasteiger partial charge in [-0.05, 0) is 37.5 Å². The van der Waals surface area contributed by atoms with Crippen LogP contribution >= 0.6 is 0 Å². The van der Waals surface area contributed by atoms with E-state index in [-0.39, 0.29) is 0 Å². The Kier molecular flexibility index (Phi) is 7.61. The lowest BCUT2D eigenvalue weighted by atomic mass is 9.99. The van der Waals surface area contributed by atoms with Crippen LogP contribution in [0.25, 0.3) is 0 Å². The summed E-state index contributed by atoms with van der Waals surface area (Å²) in [6.45, 7) is 8.83. The minimum atomic E-state index is -4.51. The van der Waals surface area contributed by atoms with Crippen molar-refractivity contribution in [1.82, 2.24) is 0 Å². The SMILES string of the molecule is C=C(\C=C/C(=C\C)C(/C)=C(C)/C=C\C(C)C(F)(F)F)C(F)(F)F. The predicted octanol–water partition coefficient (Wildman–Crippen LogP) is 6.70. The fourth-order valence-corrected chi connectivity index (χ4v) is 1.47. The van der Waals surface area contributed by atoms with Gasteiger partial charge >= 0.3 is 12.4 Å². The van der Waals surface area contributed by atoms with Gasteiger partial charge in [-0.15, -0.1) is 0 Å². The number of hydrogen-bond donors (Lipinski definition) is 0. The standard InChI is InChI=1S/C17H20F6/c1-6-15(10-9-13(4)17(21,22)23)14(5)11(2)7-8-12(3)16(18,19)20/h6-10,12H,4H2,1-3,5H3/b8-7-,10-9-,14-11+,15-6+. The zero-order valence-corrected chi connectivity index (χ0v) is 13.4. The molecule has 0 aromatic carbocycles. The highest BCUT2D eigenvalue weighted by Crippen LogP contribution is 2.28. The van der Waals surface area contributed by atoms with Crippen molar-refractivity contribution in [3.05, 3.63) is 59.3 Å². The van der Waals surface area contributed by atoms with Gasteiger partial charge in [0.1, 0.15) is 0 Å². The molecule has 1 unspecified atom stereocenters. The fourth-order valence-electron chi connectivity index (χ4n) is 1.47. The lowest BCUT2D eigenvalue weighted by Crippen LogP contribution is -2.17. The van der Waals surface area contributed by atoms with Gasteiger partial charge in [-0.1, -0.05) is 43.9 Å². The van der Waals surface area contributed by atoms with E-state index in [4.69, 9.17) is 0 Å². The highest BCUT2D eigenvalue weighted by Gasteiger charge is 2.33. The molecule has 0 aliphatic carbocycles. The second-order valence-electron chi connectivity index (χ2n) is 5.10. The van der Waals surface area contributed by atoms with Crippen molar-refractivity contribution in [2.75, 3.05) is 0 Å². The van der Waals surface area contributed by atoms with Crippen molar-refractivity contribution in [3.63, 3.8) is 0 Å². The molecular weight excluding hydrogens is 318 g/mol. The molecule has 6 heteroatoms. The summed E-state index contributed by atoms with van der Waals surface area (Å²) < 4.78 is 74.5. The molecular formula is C17H20F6. The molecule has 0 aromatic heterocycles. The van der Waals surface area contributed by atoms with Crippen LogP contribution in [0.1, 0.15) is 27.7 Å². The smallest absolute Gasteiger partial charge is 0.170 e. The average molecular weight is 338 g/mol. The summed E-state index contributed by atoms with van der Waals surface area (Å²) in [6.07, 6.45) is -2.82. The van der Waals surface area contributed by atoms with Crippen LogP contribution in [0.2, 0.25) is 0 Å². The Morgan fingerprint density at radius 2 is 1.48 bits per heavy atom. The maximum absolute atomic E-state index is 12.4. The van der Waals surface area contributed by atoms with Gasteiger partial charge in [-0.3, -0.25) is 0 Å². The van der Waals surface area contributed by atoms with E-state index in [1.54, 1.807) is 26.8 Å². The number of rotatable bonds is 5. The highest BCUT2D eigenvalue weighted by molar-refractivity contribution is 5.45. The van der Waals surface area contributed by atoms with Gasteiger partial charge in [-0.2, -0.15) is 26.3 Å². The molecule has 1 atom stereocenters. The van der Waals surface area contributed by atoms with Crippen molar-refractivity contribution < 1.29 is 26.3 Å². The first-order chi connectivity index (χ1) is 10.3. The third kappa shape index (κ3) is 7.39. The Morgan fingerprint density at radius 1 is 0.957 bits per heavy atom. The van der Waals surface area contributed by atoms with Gasteiger partial charge in [-0.25, -0.2) is 0 Å². The zero-order chi connectivity index (χ0) is 18.4. The molecule has 0 spiro atoms. The zero-order valence-electron chi connectivity index (χ0n) is 13.4. The van der Waals surface area contributed by atoms with Crippen molar-refractivity contribution in [1.29, 1.82) is 0 Å². The molecule has 0 amide bonds. The van der Waals surface area contributed by atoms with E-state index in [0.29, 0.717) is 16.7 Å². The quantitative estimate of drug-likeness (QED) is 0.386. The molecule has 0 heterocycles. The van der Waals surface area contributed by atoms with Gasteiger partial charge in [0.05, 0.1) is 5.92 Å². The molecule has 0 saturated heterocycles. The van der Waals surface area contributed by atoms with Crippen molar-refractivity contribution in [2.45, 2.75) is 40.0 Å². The van der Waals surface area contributed by atoms with Gasteiger partial charge in [0.25, 0.3) is 0 Å². The maximum Gasteiger partial charge on any atom is 0.415 e. The Labute approximate surface area is 132 Å². The van der Waals surface area contributed by atoms with Crippen molar-refractivity contribution in [3.8, 4) is 0 Å². The lowest BCUT2D eigenvalue weighted by Gasteiger charge is -2.11. The molecule has 0 bridgehead atoms. The van der Waals surface area contributed by atoms with E-state index < -0.39 is 23.8 Å². The summed E-state index contributed by atoms with van der Waals surface area (Å²) in [6, 6.07) is 0. The van der Waals surface area contributed by atoms with Gasteiger partial charge < -0.3 is 0 Å². The first kappa shape index (κ1) is 21.3. The van der Waals surface area contributed by atoms with Crippen LogP contribution in [0.3, 0.4) is 0 Å². The van der Waals surface area contributed by atoms with E-state index in [1.807, 2.05) is 0 Å². The molecule has 23 heavy (non-hydrogen) atoms. The molecule has 0 fully saturated rings. The molecule has 0 rings (SSSR count). The van der Waals surface area contributed by atoms with Crippen LogP contribution in [0.4, 0.5) is 26.3 Å². The molecule has 0 aliphatic rings. The largest absolute Gasteiger partial charge is 0.415 e. The number of halogens is 6. The van der Waals surface area contributed by atoms with Gasteiger partial charge in [0, 0.05) is 5.57 Å². The highest BCUT2D eigenvalue weighted by atomic mass is 19.4. The monoisotopic (exact) mass is 338 g/mol. The van der Waals surface area contributed by atoms with Crippen LogP contribution in [0, 0.1) is 5.92 Å². The predicted molar refractivity (Wildman–Crippen MR) is 80.8 cm³/mol. The molecule has 0 N–H and O–H groups in total. The number of hydrogen-bond acceptors (Lipinski definition) is 0. The summed E-state index contributed by atoms with van der Waals surface area (Å²) in [5.41, 5.74) is 0.613. The number of allylic oxidation sites excluding steroid dienone is 9. The summed E-state index contributed by atoms with van der Waals surface area (Å²) in [4.78, 5) is 0. The van der Waals surface area contributed by atoms with Crippen molar-refractivity contribution in [2.24, 2.45) is 5.92 Å². The van der Waals surface area contributed by atoms with Crippen molar-refractivity contribution >= 4 is 0 Å². The van der Waals surface area contributed by atoms with E-state index >= 15 is 0 Å². The molecule has 0 saturated carbocycles. The first-order valence-corrected chi connectivity index (χ1v) is 6.84. The van der Waals surface area contributed by atoms with E-state index in [0.717, 1.165) is 19.1 Å². The van der Waals surface area contributed by atoms with Crippen LogP contribution in [0.15, 0.2) is 59.3 Å². The van der Waals surface area contributed by atoms with Gasteiger partial charge in [0.2, 0.25) is 0 Å². The van der Waals surface area contributed by atoms with Crippen LogP contribution in [-0.2, 0) is 0 Å². The minimum absolute atomic E-state index is 0.484. The van der Waals surface area contributed by atoms with E-state index in [2.05, 4.69) is 6.58 Å². The number of alkyl halides is 6. The minimum Gasteiger partial charge on any atom is -0.170 e. The third-order valence-electron chi connectivity index (χ3n) is 3.31. The molecule has 0 aliphatic heterocycles. The maximum atomic E-state index is 12.4. The second-order valence-corrected chi connectivity index (χ2v) is 5.10. The first-order valence-electron chi connectivity index (χ1n) is 6.84. The molecule has 0 aromatic rings. The van der Waals surface area contributed by atoms with E-state index in [9.17, 15) is 26.3 Å². The summed E-state index contributed by atoms with van der Waals surface area (Å²) >= 11 is 0. The molecule has 0 nitrogen and oxygen atoms in total. The summed E-state index contributed by atoms with van der Waals surface area (Å²) in [7, 11) is 0. The third-order valence-corrected chi connectivity index (χ3v) is 3.31. The Hall–Kier alpha value is -1.72. The molecule has 130 valence electrons. The van der Waals surface area contributed by atoms with Crippen LogP contribution < -0.4 is 0 Å². The van der Waals surface area contributed by atoms with E-state index in [1.165, 1.54) is 12.2 Å². The second kappa shape index (κ2) is 8.22.